The highest BCUT2D eigenvalue weighted by Gasteiger charge is 2.19. The van der Waals surface area contributed by atoms with Crippen molar-refractivity contribution >= 4 is 17.9 Å². The third kappa shape index (κ3) is 50.9. The fourth-order valence-electron chi connectivity index (χ4n) is 6.99. The quantitative estimate of drug-likeness (QED) is 0.0199. The minimum absolute atomic E-state index is 0.114. The number of hydrogen-bond donors (Lipinski definition) is 0. The van der Waals surface area contributed by atoms with Crippen LogP contribution in [0.1, 0.15) is 226 Å². The highest BCUT2D eigenvalue weighted by atomic mass is 16.6. The van der Waals surface area contributed by atoms with Crippen molar-refractivity contribution in [2.75, 3.05) is 13.2 Å². The molecule has 0 radical (unpaired) electrons. The summed E-state index contributed by atoms with van der Waals surface area (Å²) >= 11 is 0. The standard InChI is InChI=1S/C59H96O6/c1-4-7-10-13-16-19-22-25-27-29-30-32-34-37-40-43-46-49-52-58(61)64-55-56(54-63-57(60)51-48-45-42-39-36-33-24-21-18-15-12-9-6-3)65-59(62)53-50-47-44-41-38-35-31-28-26-23-20-17-14-11-8-5-2/h8-9,11-12,15,17-18,20-21,24,26,28,33,35-36,38-39,42,56H,4-7,10,13-14,16,19,22-23,25,27,29-32,34,37,40-41,43-55H2,1-3H3/b11-8+,12-9+,18-15+,20-17+,24-21+,28-26+,36-33+,38-35+,42-39+. The summed E-state index contributed by atoms with van der Waals surface area (Å²) < 4.78 is 16.7. The highest BCUT2D eigenvalue weighted by Crippen LogP contribution is 2.15. The molecule has 0 aromatic heterocycles. The van der Waals surface area contributed by atoms with E-state index in [9.17, 15) is 14.4 Å². The molecule has 0 aromatic carbocycles. The first-order chi connectivity index (χ1) is 32.0. The van der Waals surface area contributed by atoms with Crippen molar-refractivity contribution in [3.63, 3.8) is 0 Å². The van der Waals surface area contributed by atoms with Crippen LogP contribution in [0.3, 0.4) is 0 Å². The Morgan fingerprint density at radius 1 is 0.338 bits per heavy atom. The fourth-order valence-corrected chi connectivity index (χ4v) is 6.99. The molecule has 0 spiro atoms. The lowest BCUT2D eigenvalue weighted by molar-refractivity contribution is -0.167. The molecule has 0 aromatic rings. The summed E-state index contributed by atoms with van der Waals surface area (Å²) in [7, 11) is 0. The molecule has 6 nitrogen and oxygen atoms in total. The van der Waals surface area contributed by atoms with E-state index in [0.717, 1.165) is 77.0 Å². The fraction of sp³-hybridized carbons (Fsp3) is 0.644. The number of carbonyl (C=O) groups is 3. The third-order valence-electron chi connectivity index (χ3n) is 10.9. The van der Waals surface area contributed by atoms with E-state index < -0.39 is 6.10 Å². The molecule has 0 aliphatic rings. The van der Waals surface area contributed by atoms with Crippen LogP contribution < -0.4 is 0 Å². The van der Waals surface area contributed by atoms with Gasteiger partial charge in [-0.05, 0) is 70.6 Å². The summed E-state index contributed by atoms with van der Waals surface area (Å²) in [4.78, 5) is 38.0. The molecule has 368 valence electrons. The Hall–Kier alpha value is -3.93. The SMILES string of the molecule is CC/C=C/C=C/C=C/C=C/C=C/CCCC(=O)OCC(COC(=O)CCCCCCCCCCCCCCCCCCCC)OC(=O)CCCCC/C=C/C/C=C/C/C=C/C/C=C/CC. The molecule has 0 amide bonds. The molecular weight excluding hydrogens is 805 g/mol. The van der Waals surface area contributed by atoms with E-state index in [4.69, 9.17) is 14.2 Å². The number of hydrogen-bond acceptors (Lipinski definition) is 6. The second kappa shape index (κ2) is 52.7. The number of allylic oxidation sites excluding steroid dienone is 18. The second-order valence-corrected chi connectivity index (χ2v) is 17.2. The first kappa shape index (κ1) is 61.1. The molecule has 1 unspecified atom stereocenters. The highest BCUT2D eigenvalue weighted by molar-refractivity contribution is 5.71. The topological polar surface area (TPSA) is 78.9 Å². The van der Waals surface area contributed by atoms with Crippen LogP contribution in [-0.4, -0.2) is 37.2 Å². The molecule has 6 heteroatoms. The van der Waals surface area contributed by atoms with Crippen LogP contribution in [0.25, 0.3) is 0 Å². The van der Waals surface area contributed by atoms with Crippen LogP contribution in [0.2, 0.25) is 0 Å². The normalized spacial score (nSPS) is 13.0. The second-order valence-electron chi connectivity index (χ2n) is 17.2. The van der Waals surface area contributed by atoms with E-state index in [1.54, 1.807) is 0 Å². The van der Waals surface area contributed by atoms with Gasteiger partial charge in [-0.2, -0.15) is 0 Å². The van der Waals surface area contributed by atoms with E-state index in [2.05, 4.69) is 75.5 Å². The van der Waals surface area contributed by atoms with Gasteiger partial charge >= 0.3 is 17.9 Å². The van der Waals surface area contributed by atoms with Gasteiger partial charge in [-0.15, -0.1) is 0 Å². The Kier molecular flexibility index (Phi) is 49.5. The molecule has 0 N–H and O–H groups in total. The Morgan fingerprint density at radius 2 is 0.692 bits per heavy atom. The van der Waals surface area contributed by atoms with Gasteiger partial charge in [0.1, 0.15) is 13.2 Å². The van der Waals surface area contributed by atoms with Crippen LogP contribution in [0, 0.1) is 0 Å². The van der Waals surface area contributed by atoms with Gasteiger partial charge in [0.2, 0.25) is 0 Å². The lowest BCUT2D eigenvalue weighted by Crippen LogP contribution is -2.30. The van der Waals surface area contributed by atoms with Crippen molar-refractivity contribution in [3.8, 4) is 0 Å². The molecule has 0 saturated heterocycles. The smallest absolute Gasteiger partial charge is 0.306 e. The van der Waals surface area contributed by atoms with Gasteiger partial charge in [-0.1, -0.05) is 246 Å². The summed E-state index contributed by atoms with van der Waals surface area (Å²) in [5, 5.41) is 0. The zero-order valence-electron chi connectivity index (χ0n) is 42.0. The molecule has 0 aliphatic heterocycles. The van der Waals surface area contributed by atoms with Crippen molar-refractivity contribution in [1.82, 2.24) is 0 Å². The number of esters is 3. The lowest BCUT2D eigenvalue weighted by Gasteiger charge is -2.18. The summed E-state index contributed by atoms with van der Waals surface area (Å²) in [5.74, 6) is -1.02. The van der Waals surface area contributed by atoms with Crippen LogP contribution >= 0.6 is 0 Å². The Morgan fingerprint density at radius 3 is 1.17 bits per heavy atom. The molecule has 0 bridgehead atoms. The monoisotopic (exact) mass is 901 g/mol. The zero-order chi connectivity index (χ0) is 47.2. The Balaban J connectivity index is 4.50. The van der Waals surface area contributed by atoms with Crippen LogP contribution in [0.5, 0.6) is 0 Å². The first-order valence-electron chi connectivity index (χ1n) is 26.5. The average molecular weight is 901 g/mol. The molecule has 0 heterocycles. The lowest BCUT2D eigenvalue weighted by atomic mass is 10.0. The number of rotatable bonds is 46. The molecule has 65 heavy (non-hydrogen) atoms. The molecule has 0 fully saturated rings. The van der Waals surface area contributed by atoms with Gasteiger partial charge in [0.05, 0.1) is 0 Å². The van der Waals surface area contributed by atoms with E-state index in [0.29, 0.717) is 19.3 Å². The van der Waals surface area contributed by atoms with E-state index in [1.807, 2.05) is 54.7 Å². The predicted molar refractivity (Wildman–Crippen MR) is 279 cm³/mol. The zero-order valence-corrected chi connectivity index (χ0v) is 42.0. The van der Waals surface area contributed by atoms with Crippen molar-refractivity contribution < 1.29 is 28.6 Å². The van der Waals surface area contributed by atoms with Crippen LogP contribution in [0.15, 0.2) is 109 Å². The van der Waals surface area contributed by atoms with Gasteiger partial charge in [0.25, 0.3) is 0 Å². The van der Waals surface area contributed by atoms with Crippen molar-refractivity contribution in [3.05, 3.63) is 109 Å². The molecule has 0 aliphatic carbocycles. The Bertz CT molecular complexity index is 1360. The summed E-state index contributed by atoms with van der Waals surface area (Å²) in [6.07, 6.45) is 70.9. The first-order valence-corrected chi connectivity index (χ1v) is 26.5. The van der Waals surface area contributed by atoms with Crippen LogP contribution in [0.4, 0.5) is 0 Å². The minimum Gasteiger partial charge on any atom is -0.462 e. The van der Waals surface area contributed by atoms with Crippen molar-refractivity contribution in [2.24, 2.45) is 0 Å². The largest absolute Gasteiger partial charge is 0.462 e. The maximum atomic E-state index is 12.8. The Labute approximate surface area is 400 Å². The summed E-state index contributed by atoms with van der Waals surface area (Å²) in [5.41, 5.74) is 0. The average Bonchev–Trinajstić information content (AvgIpc) is 3.30. The maximum Gasteiger partial charge on any atom is 0.306 e. The minimum atomic E-state index is -0.823. The number of unbranched alkanes of at least 4 members (excludes halogenated alkanes) is 21. The van der Waals surface area contributed by atoms with E-state index >= 15 is 0 Å². The van der Waals surface area contributed by atoms with Gasteiger partial charge in [0, 0.05) is 19.3 Å². The third-order valence-corrected chi connectivity index (χ3v) is 10.9. The van der Waals surface area contributed by atoms with Crippen molar-refractivity contribution in [1.29, 1.82) is 0 Å². The summed E-state index contributed by atoms with van der Waals surface area (Å²) in [6.45, 7) is 6.29. The number of carbonyl (C=O) groups excluding carboxylic acids is 3. The van der Waals surface area contributed by atoms with E-state index in [1.165, 1.54) is 96.3 Å². The van der Waals surface area contributed by atoms with Crippen LogP contribution in [-0.2, 0) is 28.6 Å². The maximum absolute atomic E-state index is 12.8. The van der Waals surface area contributed by atoms with Gasteiger partial charge in [-0.3, -0.25) is 14.4 Å². The number of ether oxygens (including phenoxy) is 3. The van der Waals surface area contributed by atoms with Gasteiger partial charge in [-0.25, -0.2) is 0 Å². The van der Waals surface area contributed by atoms with Gasteiger partial charge in [0.15, 0.2) is 6.10 Å². The van der Waals surface area contributed by atoms with E-state index in [-0.39, 0.29) is 44.0 Å². The molecular formula is C59H96O6. The molecule has 0 saturated carbocycles. The molecule has 1 atom stereocenters. The van der Waals surface area contributed by atoms with Gasteiger partial charge < -0.3 is 14.2 Å². The molecule has 0 rings (SSSR count). The summed E-state index contributed by atoms with van der Waals surface area (Å²) in [6, 6.07) is 0. The predicted octanol–water partition coefficient (Wildman–Crippen LogP) is 17.5. The van der Waals surface area contributed by atoms with Crippen molar-refractivity contribution in [2.45, 2.75) is 232 Å².